The van der Waals surface area contributed by atoms with E-state index in [9.17, 15) is 0 Å². The summed E-state index contributed by atoms with van der Waals surface area (Å²) in [5, 5.41) is 0. The monoisotopic (exact) mass is 306 g/mol. The van der Waals surface area contributed by atoms with Crippen LogP contribution < -0.4 is 0 Å². The average molecular weight is 307 g/mol. The third-order valence-corrected chi connectivity index (χ3v) is 4.64. The van der Waals surface area contributed by atoms with Gasteiger partial charge in [0.2, 0.25) is 0 Å². The topological polar surface area (TPSA) is 0 Å². The van der Waals surface area contributed by atoms with Crippen molar-refractivity contribution in [1.29, 1.82) is 0 Å². The molecule has 0 aliphatic carbocycles. The van der Waals surface area contributed by atoms with Gasteiger partial charge in [0.05, 0.1) is 0 Å². The quantitative estimate of drug-likeness (QED) is 0.187. The molecule has 0 aliphatic rings. The fourth-order valence-electron chi connectivity index (χ4n) is 2.93. The summed E-state index contributed by atoms with van der Waals surface area (Å²) in [4.78, 5) is 0. The average Bonchev–Trinajstić information content (AvgIpc) is 2.54. The Kier molecular flexibility index (Phi) is 18.1. The first-order valence-electron chi connectivity index (χ1n) is 10.1. The zero-order valence-electron chi connectivity index (χ0n) is 15.7. The second kappa shape index (κ2) is 18.5. The van der Waals surface area contributed by atoms with Crippen LogP contribution in [0.1, 0.15) is 117 Å². The van der Waals surface area contributed by atoms with E-state index in [4.69, 9.17) is 0 Å². The first-order chi connectivity index (χ1) is 10.8. The molecule has 0 spiro atoms. The number of hydrogen-bond donors (Lipinski definition) is 0. The van der Waals surface area contributed by atoms with E-state index in [0.29, 0.717) is 0 Å². The van der Waals surface area contributed by atoms with Crippen molar-refractivity contribution >= 4 is 0 Å². The van der Waals surface area contributed by atoms with Crippen LogP contribution in [0.25, 0.3) is 0 Å². The molecule has 0 aromatic rings. The summed E-state index contributed by atoms with van der Waals surface area (Å²) in [6, 6.07) is 0. The molecule has 0 amide bonds. The predicted octanol–water partition coefficient (Wildman–Crippen LogP) is 8.38. The van der Waals surface area contributed by atoms with Gasteiger partial charge >= 0.3 is 0 Å². The maximum atomic E-state index is 4.08. The van der Waals surface area contributed by atoms with Gasteiger partial charge in [-0.15, -0.1) is 0 Å². The van der Waals surface area contributed by atoms with Gasteiger partial charge in [-0.05, 0) is 39.0 Å². The molecular formula is C22H42. The molecule has 0 aromatic carbocycles. The summed E-state index contributed by atoms with van der Waals surface area (Å²) < 4.78 is 0. The summed E-state index contributed by atoms with van der Waals surface area (Å²) in [7, 11) is 0. The van der Waals surface area contributed by atoms with Gasteiger partial charge in [0, 0.05) is 0 Å². The number of unbranched alkanes of at least 4 members (excludes halogenated alkanes) is 13. The van der Waals surface area contributed by atoms with E-state index in [1.807, 2.05) is 0 Å². The Morgan fingerprint density at radius 1 is 0.682 bits per heavy atom. The molecule has 0 bridgehead atoms. The zero-order chi connectivity index (χ0) is 16.3. The highest BCUT2D eigenvalue weighted by Crippen LogP contribution is 2.15. The van der Waals surface area contributed by atoms with Crippen LogP contribution in [-0.4, -0.2) is 0 Å². The van der Waals surface area contributed by atoms with Crippen molar-refractivity contribution < 1.29 is 0 Å². The first-order valence-corrected chi connectivity index (χ1v) is 10.1. The standard InChI is InChI=1S/C22H42/c1-4-6-7-8-9-10-11-12-13-14-15-16-17-18-19-20-21-22(3)5-2/h4,6H,3,5,7-21H2,1-2H3. The minimum Gasteiger partial charge on any atom is -0.0999 e. The third kappa shape index (κ3) is 17.5. The highest BCUT2D eigenvalue weighted by Gasteiger charge is 1.95. The van der Waals surface area contributed by atoms with E-state index in [1.165, 1.54) is 102 Å². The summed E-state index contributed by atoms with van der Waals surface area (Å²) in [5.74, 6) is 0. The molecule has 0 saturated heterocycles. The van der Waals surface area contributed by atoms with Crippen LogP contribution in [0.5, 0.6) is 0 Å². The lowest BCUT2D eigenvalue weighted by atomic mass is 10.0. The number of allylic oxidation sites excluding steroid dienone is 3. The van der Waals surface area contributed by atoms with Gasteiger partial charge in [-0.25, -0.2) is 0 Å². The summed E-state index contributed by atoms with van der Waals surface area (Å²) >= 11 is 0. The zero-order valence-corrected chi connectivity index (χ0v) is 15.7. The van der Waals surface area contributed by atoms with Gasteiger partial charge in [0.1, 0.15) is 0 Å². The van der Waals surface area contributed by atoms with E-state index in [2.05, 4.69) is 32.6 Å². The normalized spacial score (nSPS) is 11.4. The van der Waals surface area contributed by atoms with Gasteiger partial charge in [0.25, 0.3) is 0 Å². The van der Waals surface area contributed by atoms with Crippen LogP contribution in [0.15, 0.2) is 24.3 Å². The van der Waals surface area contributed by atoms with E-state index < -0.39 is 0 Å². The van der Waals surface area contributed by atoms with Gasteiger partial charge < -0.3 is 0 Å². The highest BCUT2D eigenvalue weighted by molar-refractivity contribution is 4.91. The summed E-state index contributed by atoms with van der Waals surface area (Å²) in [5.41, 5.74) is 1.43. The minimum absolute atomic E-state index is 1.16. The second-order valence-corrected chi connectivity index (χ2v) is 6.81. The van der Waals surface area contributed by atoms with E-state index in [-0.39, 0.29) is 0 Å². The van der Waals surface area contributed by atoms with Gasteiger partial charge in [-0.1, -0.05) is 102 Å². The van der Waals surface area contributed by atoms with Gasteiger partial charge in [-0.2, -0.15) is 0 Å². The Bertz CT molecular complexity index is 249. The van der Waals surface area contributed by atoms with Crippen LogP contribution in [0.4, 0.5) is 0 Å². The Balaban J connectivity index is 3.01. The molecule has 22 heavy (non-hydrogen) atoms. The molecule has 0 nitrogen and oxygen atoms in total. The van der Waals surface area contributed by atoms with E-state index in [1.54, 1.807) is 0 Å². The van der Waals surface area contributed by atoms with Crippen LogP contribution in [0.2, 0.25) is 0 Å². The maximum absolute atomic E-state index is 4.08. The van der Waals surface area contributed by atoms with Crippen molar-refractivity contribution in [2.24, 2.45) is 0 Å². The van der Waals surface area contributed by atoms with Crippen molar-refractivity contribution in [3.05, 3.63) is 24.3 Å². The Hall–Kier alpha value is -0.520. The van der Waals surface area contributed by atoms with Crippen molar-refractivity contribution in [3.8, 4) is 0 Å². The van der Waals surface area contributed by atoms with Gasteiger partial charge in [-0.3, -0.25) is 0 Å². The van der Waals surface area contributed by atoms with Crippen molar-refractivity contribution in [2.45, 2.75) is 117 Å². The van der Waals surface area contributed by atoms with Crippen LogP contribution >= 0.6 is 0 Å². The molecule has 0 rings (SSSR count). The molecule has 0 saturated carbocycles. The molecule has 130 valence electrons. The van der Waals surface area contributed by atoms with Crippen LogP contribution in [0.3, 0.4) is 0 Å². The molecule has 0 fully saturated rings. The largest absolute Gasteiger partial charge is 0.0999 e. The molecule has 0 heteroatoms. The van der Waals surface area contributed by atoms with Crippen molar-refractivity contribution in [2.75, 3.05) is 0 Å². The molecular weight excluding hydrogens is 264 g/mol. The Morgan fingerprint density at radius 2 is 1.09 bits per heavy atom. The van der Waals surface area contributed by atoms with Crippen molar-refractivity contribution in [3.63, 3.8) is 0 Å². The lowest BCUT2D eigenvalue weighted by Gasteiger charge is -2.04. The minimum atomic E-state index is 1.16. The highest BCUT2D eigenvalue weighted by atomic mass is 14.0. The fraction of sp³-hybridized carbons (Fsp3) is 0.818. The Labute approximate surface area is 141 Å². The molecule has 0 N–H and O–H groups in total. The lowest BCUT2D eigenvalue weighted by Crippen LogP contribution is -1.84. The summed E-state index contributed by atoms with van der Waals surface area (Å²) in [6.45, 7) is 8.41. The predicted molar refractivity (Wildman–Crippen MR) is 104 cm³/mol. The van der Waals surface area contributed by atoms with Crippen molar-refractivity contribution in [1.82, 2.24) is 0 Å². The van der Waals surface area contributed by atoms with E-state index >= 15 is 0 Å². The third-order valence-electron chi connectivity index (χ3n) is 4.64. The molecule has 0 radical (unpaired) electrons. The molecule has 0 unspecified atom stereocenters. The van der Waals surface area contributed by atoms with Crippen LogP contribution in [-0.2, 0) is 0 Å². The molecule has 0 aliphatic heterocycles. The number of rotatable bonds is 17. The van der Waals surface area contributed by atoms with Crippen LogP contribution in [0, 0.1) is 0 Å². The second-order valence-electron chi connectivity index (χ2n) is 6.81. The first kappa shape index (κ1) is 21.5. The SMILES string of the molecule is C=C(CC)CCCCCCCCCCCCCCCC=CC. The van der Waals surface area contributed by atoms with E-state index in [0.717, 1.165) is 6.42 Å². The van der Waals surface area contributed by atoms with Gasteiger partial charge in [0.15, 0.2) is 0 Å². The Morgan fingerprint density at radius 3 is 1.50 bits per heavy atom. The molecule has 0 atom stereocenters. The lowest BCUT2D eigenvalue weighted by molar-refractivity contribution is 0.536. The molecule has 0 heterocycles. The molecule has 0 aromatic heterocycles. The maximum Gasteiger partial charge on any atom is -0.0323 e. The fourth-order valence-corrected chi connectivity index (χ4v) is 2.93. The smallest absolute Gasteiger partial charge is 0.0323 e. The number of hydrogen-bond acceptors (Lipinski definition) is 0. The summed E-state index contributed by atoms with van der Waals surface area (Å²) in [6.07, 6.45) is 26.8.